The molecule has 5 heteroatoms. The van der Waals surface area contributed by atoms with Crippen LogP contribution in [0.4, 0.5) is 13.2 Å². The van der Waals surface area contributed by atoms with Crippen LogP contribution in [0.15, 0.2) is 0 Å². The summed E-state index contributed by atoms with van der Waals surface area (Å²) in [6.07, 6.45) is -3.07. The highest BCUT2D eigenvalue weighted by atomic mass is 19.4. The Hall–Kier alpha value is -0.290. The van der Waals surface area contributed by atoms with Gasteiger partial charge in [0.2, 0.25) is 0 Å². The van der Waals surface area contributed by atoms with Gasteiger partial charge in [-0.25, -0.2) is 0 Å². The molecule has 0 aromatic carbocycles. The van der Waals surface area contributed by atoms with Gasteiger partial charge in [0.1, 0.15) is 0 Å². The zero-order valence-electron chi connectivity index (χ0n) is 11.3. The van der Waals surface area contributed by atoms with E-state index in [1.54, 1.807) is 13.8 Å². The van der Waals surface area contributed by atoms with Crippen molar-refractivity contribution in [3.63, 3.8) is 0 Å². The lowest BCUT2D eigenvalue weighted by Gasteiger charge is -2.30. The lowest BCUT2D eigenvalue weighted by Crippen LogP contribution is -2.43. The topological polar surface area (TPSA) is 15.3 Å². The van der Waals surface area contributed by atoms with Crippen LogP contribution in [-0.4, -0.2) is 43.3 Å². The van der Waals surface area contributed by atoms with Gasteiger partial charge in [-0.15, -0.1) is 0 Å². The van der Waals surface area contributed by atoms with E-state index in [4.69, 9.17) is 0 Å². The molecule has 0 spiro atoms. The first-order valence-corrected chi connectivity index (χ1v) is 6.27. The molecule has 0 aliphatic heterocycles. The monoisotopic (exact) mass is 254 g/mol. The fourth-order valence-electron chi connectivity index (χ4n) is 1.68. The third-order valence-corrected chi connectivity index (χ3v) is 2.58. The van der Waals surface area contributed by atoms with E-state index in [1.807, 2.05) is 6.92 Å². The van der Waals surface area contributed by atoms with E-state index >= 15 is 0 Å². The van der Waals surface area contributed by atoms with Crippen molar-refractivity contribution < 1.29 is 13.2 Å². The summed E-state index contributed by atoms with van der Waals surface area (Å²) in [5.74, 6) is 0.228. The molecule has 0 heterocycles. The second-order valence-electron chi connectivity index (χ2n) is 4.95. The summed E-state index contributed by atoms with van der Waals surface area (Å²) >= 11 is 0. The van der Waals surface area contributed by atoms with E-state index < -0.39 is 12.7 Å². The van der Waals surface area contributed by atoms with Crippen molar-refractivity contribution >= 4 is 0 Å². The van der Waals surface area contributed by atoms with E-state index in [0.717, 1.165) is 19.5 Å². The minimum absolute atomic E-state index is 0.0785. The Kier molecular flexibility index (Phi) is 7.79. The lowest BCUT2D eigenvalue weighted by atomic mass is 10.1. The van der Waals surface area contributed by atoms with Gasteiger partial charge in [-0.05, 0) is 39.3 Å². The highest BCUT2D eigenvalue weighted by molar-refractivity contribution is 4.71. The average molecular weight is 254 g/mol. The van der Waals surface area contributed by atoms with Crippen LogP contribution in [-0.2, 0) is 0 Å². The van der Waals surface area contributed by atoms with Crippen LogP contribution < -0.4 is 5.32 Å². The summed E-state index contributed by atoms with van der Waals surface area (Å²) in [6.45, 7) is 9.02. The quantitative estimate of drug-likeness (QED) is 0.670. The number of halogens is 3. The van der Waals surface area contributed by atoms with Gasteiger partial charge in [0.05, 0.1) is 6.54 Å². The largest absolute Gasteiger partial charge is 0.401 e. The second-order valence-corrected chi connectivity index (χ2v) is 4.95. The van der Waals surface area contributed by atoms with Crippen LogP contribution in [0.1, 0.15) is 34.1 Å². The summed E-state index contributed by atoms with van der Waals surface area (Å²) in [5, 5.41) is 3.23. The second kappa shape index (κ2) is 7.93. The van der Waals surface area contributed by atoms with Crippen molar-refractivity contribution in [3.8, 4) is 0 Å². The number of hydrogen-bond donors (Lipinski definition) is 1. The maximum absolute atomic E-state index is 12.4. The molecule has 1 atom stereocenters. The van der Waals surface area contributed by atoms with Gasteiger partial charge in [-0.1, -0.05) is 13.8 Å². The average Bonchev–Trinajstić information content (AvgIpc) is 2.15. The van der Waals surface area contributed by atoms with Crippen molar-refractivity contribution in [2.75, 3.05) is 26.2 Å². The van der Waals surface area contributed by atoms with Crippen LogP contribution in [0, 0.1) is 5.92 Å². The first kappa shape index (κ1) is 16.7. The molecule has 0 rings (SSSR count). The van der Waals surface area contributed by atoms with E-state index in [-0.39, 0.29) is 12.0 Å². The number of nitrogens with one attached hydrogen (secondary N) is 1. The highest BCUT2D eigenvalue weighted by Gasteiger charge is 2.32. The van der Waals surface area contributed by atoms with Gasteiger partial charge >= 0.3 is 6.18 Å². The molecule has 0 aliphatic carbocycles. The zero-order chi connectivity index (χ0) is 13.5. The molecule has 104 valence electrons. The molecule has 0 fully saturated rings. The summed E-state index contributed by atoms with van der Waals surface area (Å²) in [4.78, 5) is 1.48. The lowest BCUT2D eigenvalue weighted by molar-refractivity contribution is -0.150. The Bertz CT molecular complexity index is 193. The van der Waals surface area contributed by atoms with E-state index in [2.05, 4.69) is 12.2 Å². The first-order chi connectivity index (χ1) is 7.76. The molecule has 0 saturated carbocycles. The van der Waals surface area contributed by atoms with E-state index in [9.17, 15) is 13.2 Å². The smallest absolute Gasteiger partial charge is 0.316 e. The van der Waals surface area contributed by atoms with Crippen LogP contribution in [0.5, 0.6) is 0 Å². The Morgan fingerprint density at radius 2 is 1.76 bits per heavy atom. The van der Waals surface area contributed by atoms with Crippen molar-refractivity contribution in [2.45, 2.75) is 46.3 Å². The first-order valence-electron chi connectivity index (χ1n) is 6.27. The maximum Gasteiger partial charge on any atom is 0.401 e. The number of nitrogens with zero attached hydrogens (tertiary/aromatic N) is 1. The maximum atomic E-state index is 12.4. The summed E-state index contributed by atoms with van der Waals surface area (Å²) in [5.41, 5.74) is 0. The molecule has 0 aliphatic rings. The molecule has 0 saturated heterocycles. The van der Waals surface area contributed by atoms with Crippen molar-refractivity contribution in [3.05, 3.63) is 0 Å². The minimum atomic E-state index is -4.11. The molecule has 0 aromatic rings. The predicted molar refractivity (Wildman–Crippen MR) is 65.1 cm³/mol. The predicted octanol–water partition coefficient (Wildman–Crippen LogP) is 2.89. The molecule has 2 nitrogen and oxygen atoms in total. The third kappa shape index (κ3) is 9.41. The Labute approximate surface area is 103 Å². The van der Waals surface area contributed by atoms with Gasteiger partial charge in [-0.2, -0.15) is 13.2 Å². The van der Waals surface area contributed by atoms with Crippen LogP contribution in [0.3, 0.4) is 0 Å². The Balaban J connectivity index is 4.07. The fraction of sp³-hybridized carbons (Fsp3) is 1.00. The summed E-state index contributed by atoms with van der Waals surface area (Å²) in [7, 11) is 0. The van der Waals surface area contributed by atoms with Gasteiger partial charge in [0, 0.05) is 12.6 Å². The molecule has 1 unspecified atom stereocenters. The highest BCUT2D eigenvalue weighted by Crippen LogP contribution is 2.18. The molecule has 0 aromatic heterocycles. The molecular weight excluding hydrogens is 229 g/mol. The minimum Gasteiger partial charge on any atom is -0.316 e. The SMILES string of the molecule is CCCNCC(C)CN(CC(F)(F)F)C(C)C. The van der Waals surface area contributed by atoms with Gasteiger partial charge in [0.15, 0.2) is 0 Å². The van der Waals surface area contributed by atoms with Crippen molar-refractivity contribution in [2.24, 2.45) is 5.92 Å². The Morgan fingerprint density at radius 3 is 2.18 bits per heavy atom. The zero-order valence-corrected chi connectivity index (χ0v) is 11.3. The van der Waals surface area contributed by atoms with Gasteiger partial charge in [0.25, 0.3) is 0 Å². The van der Waals surface area contributed by atoms with Crippen LogP contribution in [0.2, 0.25) is 0 Å². The van der Waals surface area contributed by atoms with Crippen molar-refractivity contribution in [1.29, 1.82) is 0 Å². The number of rotatable bonds is 8. The van der Waals surface area contributed by atoms with E-state index in [0.29, 0.717) is 6.54 Å². The van der Waals surface area contributed by atoms with Gasteiger partial charge < -0.3 is 5.32 Å². The summed E-state index contributed by atoms with van der Waals surface area (Å²) in [6, 6.07) is -0.0785. The molecule has 0 amide bonds. The van der Waals surface area contributed by atoms with Gasteiger partial charge in [-0.3, -0.25) is 4.90 Å². The van der Waals surface area contributed by atoms with Crippen LogP contribution >= 0.6 is 0 Å². The normalized spacial score (nSPS) is 14.6. The fourth-order valence-corrected chi connectivity index (χ4v) is 1.68. The van der Waals surface area contributed by atoms with E-state index in [1.165, 1.54) is 4.90 Å². The number of alkyl halides is 3. The van der Waals surface area contributed by atoms with Crippen LogP contribution in [0.25, 0.3) is 0 Å². The molecule has 17 heavy (non-hydrogen) atoms. The Morgan fingerprint density at radius 1 is 1.18 bits per heavy atom. The van der Waals surface area contributed by atoms with Crippen molar-refractivity contribution in [1.82, 2.24) is 10.2 Å². The molecule has 0 bridgehead atoms. The molecular formula is C12H25F3N2. The number of hydrogen-bond acceptors (Lipinski definition) is 2. The third-order valence-electron chi connectivity index (χ3n) is 2.58. The summed E-state index contributed by atoms with van der Waals surface area (Å²) < 4.78 is 37.1. The molecule has 1 N–H and O–H groups in total. The molecule has 0 radical (unpaired) electrons. The standard InChI is InChI=1S/C12H25F3N2/c1-5-6-16-7-11(4)8-17(10(2)3)9-12(13,14)15/h10-11,16H,5-9H2,1-4H3.